The number of hydrogen-bond acceptors (Lipinski definition) is 5. The first-order valence-corrected chi connectivity index (χ1v) is 8.28. The molecular weight excluding hydrogens is 343 g/mol. The van der Waals surface area contributed by atoms with Crippen LogP contribution in [0.5, 0.6) is 0 Å². The van der Waals surface area contributed by atoms with E-state index in [0.29, 0.717) is 10.4 Å². The van der Waals surface area contributed by atoms with Crippen molar-refractivity contribution in [3.63, 3.8) is 0 Å². The number of carbonyl (C=O) groups is 3. The highest BCUT2D eigenvalue weighted by Gasteiger charge is 2.36. The molecule has 0 amide bonds. The Bertz CT molecular complexity index is 923. The molecule has 0 bridgehead atoms. The van der Waals surface area contributed by atoms with E-state index in [1.54, 1.807) is 30.3 Å². The quantitative estimate of drug-likeness (QED) is 0.475. The van der Waals surface area contributed by atoms with Crippen LogP contribution in [0, 0.1) is 11.7 Å². The summed E-state index contributed by atoms with van der Waals surface area (Å²) >= 11 is 1.30. The molecule has 1 aliphatic heterocycles. The Labute approximate surface area is 147 Å². The minimum Gasteiger partial charge on any atom is -0.430 e. The van der Waals surface area contributed by atoms with E-state index in [9.17, 15) is 18.8 Å². The van der Waals surface area contributed by atoms with Gasteiger partial charge in [-0.15, -0.1) is 11.3 Å². The third-order valence-corrected chi connectivity index (χ3v) is 4.67. The van der Waals surface area contributed by atoms with E-state index in [4.69, 9.17) is 4.74 Å². The second kappa shape index (κ2) is 6.94. The lowest BCUT2D eigenvalue weighted by atomic mass is 9.96. The molecule has 1 atom stereocenters. The highest BCUT2D eigenvalue weighted by Crippen LogP contribution is 2.30. The van der Waals surface area contributed by atoms with Crippen molar-refractivity contribution in [2.45, 2.75) is 6.92 Å². The number of esters is 1. The number of rotatable bonds is 4. The van der Waals surface area contributed by atoms with Gasteiger partial charge in [-0.3, -0.25) is 14.4 Å². The molecule has 0 spiro atoms. The lowest BCUT2D eigenvalue weighted by Crippen LogP contribution is -2.34. The largest absolute Gasteiger partial charge is 0.430 e. The number of hydrogen-bond donors (Lipinski definition) is 0. The molecule has 4 nitrogen and oxygen atoms in total. The van der Waals surface area contributed by atoms with E-state index in [1.807, 2.05) is 0 Å². The van der Waals surface area contributed by atoms with Crippen molar-refractivity contribution in [3.05, 3.63) is 65.0 Å². The number of benzene rings is 1. The van der Waals surface area contributed by atoms with Gasteiger partial charge >= 0.3 is 5.97 Å². The Balaban J connectivity index is 1.77. The summed E-state index contributed by atoms with van der Waals surface area (Å²) in [6.07, 6.45) is 3.82. The predicted molar refractivity (Wildman–Crippen MR) is 92.1 cm³/mol. The number of allylic oxidation sites excluding steroid dienone is 3. The first-order chi connectivity index (χ1) is 12.0. The molecule has 0 radical (unpaired) electrons. The van der Waals surface area contributed by atoms with Crippen LogP contribution in [-0.4, -0.2) is 17.5 Å². The summed E-state index contributed by atoms with van der Waals surface area (Å²) in [4.78, 5) is 37.1. The smallest absolute Gasteiger partial charge is 0.329 e. The van der Waals surface area contributed by atoms with E-state index in [1.165, 1.54) is 36.5 Å². The first kappa shape index (κ1) is 17.0. The van der Waals surface area contributed by atoms with Crippen molar-refractivity contribution in [1.29, 1.82) is 0 Å². The minimum absolute atomic E-state index is 0.177. The maximum absolute atomic E-state index is 13.8. The molecule has 126 valence electrons. The second-order valence-electron chi connectivity index (χ2n) is 5.43. The zero-order valence-corrected chi connectivity index (χ0v) is 14.0. The number of ether oxygens (including phenoxy) is 1. The zero-order chi connectivity index (χ0) is 18.0. The topological polar surface area (TPSA) is 60.4 Å². The molecule has 25 heavy (non-hydrogen) atoms. The van der Waals surface area contributed by atoms with Crippen LogP contribution < -0.4 is 0 Å². The molecule has 2 heterocycles. The molecule has 3 rings (SSSR count). The van der Waals surface area contributed by atoms with Gasteiger partial charge < -0.3 is 4.74 Å². The Morgan fingerprint density at radius 1 is 1.20 bits per heavy atom. The van der Waals surface area contributed by atoms with Gasteiger partial charge in [-0.1, -0.05) is 18.2 Å². The van der Waals surface area contributed by atoms with Crippen molar-refractivity contribution in [2.75, 3.05) is 0 Å². The van der Waals surface area contributed by atoms with Crippen LogP contribution >= 0.6 is 11.3 Å². The van der Waals surface area contributed by atoms with Gasteiger partial charge in [0.25, 0.3) is 0 Å². The first-order valence-electron chi connectivity index (χ1n) is 7.46. The van der Waals surface area contributed by atoms with Crippen molar-refractivity contribution in [3.8, 4) is 10.4 Å². The molecule has 6 heteroatoms. The fourth-order valence-electron chi connectivity index (χ4n) is 2.41. The van der Waals surface area contributed by atoms with Gasteiger partial charge in [-0.25, -0.2) is 4.39 Å². The number of cyclic esters (lactones) is 1. The standard InChI is InChI=1S/C19H13FO4S/c1-11-10-16(22)18(19(23)24-11)15(21)8-6-12-7-9-17(25-12)13-4-2-3-5-14(13)20/h2-10,18H,1H3/b8-6+. The van der Waals surface area contributed by atoms with Crippen molar-refractivity contribution >= 4 is 34.9 Å². The number of carbonyl (C=O) groups excluding carboxylic acids is 3. The fraction of sp³-hybridized carbons (Fsp3) is 0.105. The number of halogens is 1. The van der Waals surface area contributed by atoms with E-state index < -0.39 is 23.5 Å². The summed E-state index contributed by atoms with van der Waals surface area (Å²) < 4.78 is 18.6. The average Bonchev–Trinajstić information content (AvgIpc) is 3.01. The van der Waals surface area contributed by atoms with Crippen LogP contribution in [-0.2, 0) is 19.1 Å². The molecule has 0 fully saturated rings. The summed E-state index contributed by atoms with van der Waals surface area (Å²) in [5.41, 5.74) is 0.477. The molecule has 1 aromatic heterocycles. The molecule has 1 unspecified atom stereocenters. The van der Waals surface area contributed by atoms with Gasteiger partial charge in [-0.2, -0.15) is 0 Å². The minimum atomic E-state index is -1.45. The van der Waals surface area contributed by atoms with Gasteiger partial charge in [0.2, 0.25) is 0 Å². The number of ketones is 2. The van der Waals surface area contributed by atoms with Crippen LogP contribution in [0.4, 0.5) is 4.39 Å². The lowest BCUT2D eigenvalue weighted by molar-refractivity contribution is -0.151. The predicted octanol–water partition coefficient (Wildman–Crippen LogP) is 3.78. The SMILES string of the molecule is CC1=CC(=O)C(C(=O)/C=C/c2ccc(-c3ccccc3F)s2)C(=O)O1. The molecule has 1 aliphatic rings. The molecule has 0 saturated carbocycles. The Morgan fingerprint density at radius 2 is 1.96 bits per heavy atom. The summed E-state index contributed by atoms with van der Waals surface area (Å²) in [7, 11) is 0. The molecule has 2 aromatic rings. The van der Waals surface area contributed by atoms with Crippen LogP contribution in [0.3, 0.4) is 0 Å². The normalized spacial score (nSPS) is 17.5. The van der Waals surface area contributed by atoms with Crippen LogP contribution in [0.1, 0.15) is 11.8 Å². The van der Waals surface area contributed by atoms with E-state index >= 15 is 0 Å². The summed E-state index contributed by atoms with van der Waals surface area (Å²) in [6, 6.07) is 9.89. The number of thiophene rings is 1. The van der Waals surface area contributed by atoms with E-state index in [-0.39, 0.29) is 11.6 Å². The highest BCUT2D eigenvalue weighted by atomic mass is 32.1. The van der Waals surface area contributed by atoms with Crippen molar-refractivity contribution in [2.24, 2.45) is 5.92 Å². The van der Waals surface area contributed by atoms with Crippen molar-refractivity contribution in [1.82, 2.24) is 0 Å². The lowest BCUT2D eigenvalue weighted by Gasteiger charge is -2.15. The molecular formula is C19H13FO4S. The maximum atomic E-state index is 13.8. The fourth-order valence-corrected chi connectivity index (χ4v) is 3.35. The monoisotopic (exact) mass is 356 g/mol. The van der Waals surface area contributed by atoms with Crippen molar-refractivity contribution < 1.29 is 23.5 Å². The van der Waals surface area contributed by atoms with Gasteiger partial charge in [0.15, 0.2) is 17.5 Å². The van der Waals surface area contributed by atoms with Gasteiger partial charge in [0.05, 0.1) is 0 Å². The van der Waals surface area contributed by atoms with Gasteiger partial charge in [0.1, 0.15) is 11.6 Å². The third kappa shape index (κ3) is 3.64. The third-order valence-electron chi connectivity index (χ3n) is 3.59. The molecule has 0 aliphatic carbocycles. The Hall–Kier alpha value is -2.86. The van der Waals surface area contributed by atoms with Crippen LogP contribution in [0.2, 0.25) is 0 Å². The average molecular weight is 356 g/mol. The zero-order valence-electron chi connectivity index (χ0n) is 13.2. The Morgan fingerprint density at radius 3 is 2.68 bits per heavy atom. The molecule has 0 N–H and O–H groups in total. The summed E-state index contributed by atoms with van der Waals surface area (Å²) in [5.74, 6) is -3.69. The van der Waals surface area contributed by atoms with Gasteiger partial charge in [-0.05, 0) is 37.3 Å². The summed E-state index contributed by atoms with van der Waals surface area (Å²) in [5, 5.41) is 0. The van der Waals surface area contributed by atoms with Crippen LogP contribution in [0.15, 0.2) is 54.3 Å². The Kier molecular flexibility index (Phi) is 4.72. The molecule has 1 aromatic carbocycles. The summed E-state index contributed by atoms with van der Waals surface area (Å²) in [6.45, 7) is 1.47. The highest BCUT2D eigenvalue weighted by molar-refractivity contribution is 7.16. The van der Waals surface area contributed by atoms with Crippen LogP contribution in [0.25, 0.3) is 16.5 Å². The molecule has 0 saturated heterocycles. The maximum Gasteiger partial charge on any atom is 0.329 e. The van der Waals surface area contributed by atoms with E-state index in [2.05, 4.69) is 0 Å². The van der Waals surface area contributed by atoms with Gasteiger partial charge in [0, 0.05) is 21.4 Å². The second-order valence-corrected chi connectivity index (χ2v) is 6.54. The van der Waals surface area contributed by atoms with E-state index in [0.717, 1.165) is 11.0 Å².